The van der Waals surface area contributed by atoms with E-state index in [1.165, 1.54) is 10.4 Å². The van der Waals surface area contributed by atoms with Gasteiger partial charge in [0.15, 0.2) is 0 Å². The Morgan fingerprint density at radius 2 is 1.86 bits per heavy atom. The van der Waals surface area contributed by atoms with Gasteiger partial charge in [0, 0.05) is 23.4 Å². The Labute approximate surface area is 129 Å². The Kier molecular flexibility index (Phi) is 5.15. The average Bonchev–Trinajstić information content (AvgIpc) is 2.95. The second-order valence-corrected chi connectivity index (χ2v) is 6.80. The van der Waals surface area contributed by atoms with Gasteiger partial charge < -0.3 is 10.4 Å². The standard InChI is InChI=1S/C17H21NO2S/c1-17(2,15-4-3-9-21-15)12-18-11-14-7-5-13(6-8-14)10-16(19)20/h3-9,18H,10-12H2,1-2H3,(H,19,20). The zero-order chi connectivity index (χ0) is 15.3. The summed E-state index contributed by atoms with van der Waals surface area (Å²) in [5, 5.41) is 14.3. The summed E-state index contributed by atoms with van der Waals surface area (Å²) in [5.74, 6) is -0.793. The molecule has 0 amide bonds. The molecule has 0 radical (unpaired) electrons. The second kappa shape index (κ2) is 6.87. The van der Waals surface area contributed by atoms with Crippen LogP contribution in [0.1, 0.15) is 29.9 Å². The van der Waals surface area contributed by atoms with Gasteiger partial charge in [-0.2, -0.15) is 0 Å². The molecule has 1 heterocycles. The molecule has 2 rings (SSSR count). The Morgan fingerprint density at radius 1 is 1.19 bits per heavy atom. The zero-order valence-corrected chi connectivity index (χ0v) is 13.2. The van der Waals surface area contributed by atoms with Crippen LogP contribution >= 0.6 is 11.3 Å². The third kappa shape index (κ3) is 4.69. The minimum atomic E-state index is -0.793. The second-order valence-electron chi connectivity index (χ2n) is 5.85. The fourth-order valence-corrected chi connectivity index (χ4v) is 3.07. The van der Waals surface area contributed by atoms with Crippen molar-refractivity contribution in [2.45, 2.75) is 32.2 Å². The molecule has 0 spiro atoms. The summed E-state index contributed by atoms with van der Waals surface area (Å²) in [5.41, 5.74) is 2.13. The number of rotatable bonds is 7. The molecule has 1 aromatic heterocycles. The molecule has 3 nitrogen and oxygen atoms in total. The maximum absolute atomic E-state index is 10.6. The summed E-state index contributed by atoms with van der Waals surface area (Å²) in [6.45, 7) is 6.18. The minimum absolute atomic E-state index is 0.0825. The van der Waals surface area contributed by atoms with Crippen molar-refractivity contribution in [1.82, 2.24) is 5.32 Å². The first kappa shape index (κ1) is 15.7. The third-order valence-corrected chi connectivity index (χ3v) is 4.70. The first-order valence-corrected chi connectivity index (χ1v) is 7.90. The Hall–Kier alpha value is -1.65. The maximum Gasteiger partial charge on any atom is 0.307 e. The molecule has 2 N–H and O–H groups in total. The van der Waals surface area contributed by atoms with Crippen LogP contribution in [0.2, 0.25) is 0 Å². The molecule has 21 heavy (non-hydrogen) atoms. The highest BCUT2D eigenvalue weighted by Gasteiger charge is 2.20. The smallest absolute Gasteiger partial charge is 0.307 e. The van der Waals surface area contributed by atoms with Crippen molar-refractivity contribution in [1.29, 1.82) is 0 Å². The fourth-order valence-electron chi connectivity index (χ4n) is 2.22. The zero-order valence-electron chi connectivity index (χ0n) is 12.4. The monoisotopic (exact) mass is 303 g/mol. The number of hydrogen-bond donors (Lipinski definition) is 2. The van der Waals surface area contributed by atoms with Crippen molar-refractivity contribution in [2.24, 2.45) is 0 Å². The quantitative estimate of drug-likeness (QED) is 0.824. The lowest BCUT2D eigenvalue weighted by atomic mass is 9.91. The van der Waals surface area contributed by atoms with Crippen LogP contribution in [0.25, 0.3) is 0 Å². The lowest BCUT2D eigenvalue weighted by Crippen LogP contribution is -2.31. The van der Waals surface area contributed by atoms with Gasteiger partial charge in [-0.15, -0.1) is 11.3 Å². The first-order valence-electron chi connectivity index (χ1n) is 7.02. The molecule has 1 aromatic carbocycles. The highest BCUT2D eigenvalue weighted by Crippen LogP contribution is 2.26. The molecule has 0 saturated carbocycles. The Morgan fingerprint density at radius 3 is 2.43 bits per heavy atom. The molecule has 112 valence electrons. The molecule has 0 unspecified atom stereocenters. The highest BCUT2D eigenvalue weighted by molar-refractivity contribution is 7.10. The van der Waals surface area contributed by atoms with Gasteiger partial charge >= 0.3 is 5.97 Å². The molecule has 0 aliphatic rings. The molecule has 0 fully saturated rings. The first-order chi connectivity index (χ1) is 9.97. The van der Waals surface area contributed by atoms with E-state index in [-0.39, 0.29) is 11.8 Å². The summed E-state index contributed by atoms with van der Waals surface area (Å²) < 4.78 is 0. The van der Waals surface area contributed by atoms with Crippen molar-refractivity contribution >= 4 is 17.3 Å². The van der Waals surface area contributed by atoms with Crippen LogP contribution in [-0.2, 0) is 23.2 Å². The molecule has 0 bridgehead atoms. The molecule has 2 aromatic rings. The van der Waals surface area contributed by atoms with Gasteiger partial charge in [0.1, 0.15) is 0 Å². The van der Waals surface area contributed by atoms with Crippen molar-refractivity contribution < 1.29 is 9.90 Å². The summed E-state index contributed by atoms with van der Waals surface area (Å²) >= 11 is 1.79. The molecule has 0 aliphatic heterocycles. The normalized spacial score (nSPS) is 11.5. The molecule has 4 heteroatoms. The van der Waals surface area contributed by atoms with Gasteiger partial charge in [0.05, 0.1) is 6.42 Å². The van der Waals surface area contributed by atoms with Crippen LogP contribution in [0.5, 0.6) is 0 Å². The fraction of sp³-hybridized carbons (Fsp3) is 0.353. The maximum atomic E-state index is 10.6. The van der Waals surface area contributed by atoms with Crippen molar-refractivity contribution in [3.05, 3.63) is 57.8 Å². The van der Waals surface area contributed by atoms with E-state index < -0.39 is 5.97 Å². The summed E-state index contributed by atoms with van der Waals surface area (Å²) in [7, 11) is 0. The van der Waals surface area contributed by atoms with E-state index in [1.807, 2.05) is 24.3 Å². The summed E-state index contributed by atoms with van der Waals surface area (Å²) in [6, 6.07) is 12.0. The predicted octanol–water partition coefficient (Wildman–Crippen LogP) is 3.44. The minimum Gasteiger partial charge on any atom is -0.481 e. The van der Waals surface area contributed by atoms with E-state index in [1.54, 1.807) is 11.3 Å². The van der Waals surface area contributed by atoms with Gasteiger partial charge in [0.2, 0.25) is 0 Å². The Bertz CT molecular complexity index is 573. The number of carboxylic acids is 1. The van der Waals surface area contributed by atoms with E-state index >= 15 is 0 Å². The van der Waals surface area contributed by atoms with E-state index in [0.29, 0.717) is 0 Å². The van der Waals surface area contributed by atoms with E-state index in [0.717, 1.165) is 18.7 Å². The number of carbonyl (C=O) groups is 1. The van der Waals surface area contributed by atoms with Crippen molar-refractivity contribution in [3.8, 4) is 0 Å². The molecule has 0 atom stereocenters. The number of carboxylic acid groups (broad SMARTS) is 1. The van der Waals surface area contributed by atoms with Gasteiger partial charge in [-0.1, -0.05) is 44.2 Å². The number of aliphatic carboxylic acids is 1. The number of hydrogen-bond acceptors (Lipinski definition) is 3. The van der Waals surface area contributed by atoms with Crippen molar-refractivity contribution in [2.75, 3.05) is 6.54 Å². The lowest BCUT2D eigenvalue weighted by molar-refractivity contribution is -0.136. The van der Waals surface area contributed by atoms with Gasteiger partial charge in [-0.05, 0) is 22.6 Å². The van der Waals surface area contributed by atoms with E-state index in [9.17, 15) is 4.79 Å². The molecular formula is C17H21NO2S. The molecular weight excluding hydrogens is 282 g/mol. The molecule has 0 aliphatic carbocycles. The van der Waals surface area contributed by atoms with Gasteiger partial charge in [-0.25, -0.2) is 0 Å². The van der Waals surface area contributed by atoms with Crippen LogP contribution in [0.4, 0.5) is 0 Å². The summed E-state index contributed by atoms with van der Waals surface area (Å²) in [6.07, 6.45) is 0.0825. The van der Waals surface area contributed by atoms with Crippen molar-refractivity contribution in [3.63, 3.8) is 0 Å². The number of thiophene rings is 1. The topological polar surface area (TPSA) is 49.3 Å². The van der Waals surface area contributed by atoms with Crippen LogP contribution in [0.15, 0.2) is 41.8 Å². The largest absolute Gasteiger partial charge is 0.481 e. The van der Waals surface area contributed by atoms with Gasteiger partial charge in [-0.3, -0.25) is 4.79 Å². The summed E-state index contributed by atoms with van der Waals surface area (Å²) in [4.78, 5) is 12.0. The SMILES string of the molecule is CC(C)(CNCc1ccc(CC(=O)O)cc1)c1cccs1. The van der Waals surface area contributed by atoms with Crippen LogP contribution in [0, 0.1) is 0 Å². The third-order valence-electron chi connectivity index (χ3n) is 3.46. The predicted molar refractivity (Wildman–Crippen MR) is 86.8 cm³/mol. The highest BCUT2D eigenvalue weighted by atomic mass is 32.1. The number of benzene rings is 1. The molecule has 0 saturated heterocycles. The van der Waals surface area contributed by atoms with Crippen LogP contribution < -0.4 is 5.32 Å². The van der Waals surface area contributed by atoms with Crippen LogP contribution in [-0.4, -0.2) is 17.6 Å². The van der Waals surface area contributed by atoms with Crippen LogP contribution in [0.3, 0.4) is 0 Å². The Balaban J connectivity index is 1.84. The van der Waals surface area contributed by atoms with E-state index in [2.05, 4.69) is 36.7 Å². The lowest BCUT2D eigenvalue weighted by Gasteiger charge is -2.23. The number of nitrogens with one attached hydrogen (secondary N) is 1. The van der Waals surface area contributed by atoms with E-state index in [4.69, 9.17) is 5.11 Å². The van der Waals surface area contributed by atoms with Gasteiger partial charge in [0.25, 0.3) is 0 Å². The average molecular weight is 303 g/mol.